The average molecular weight is 226 g/mol. The minimum absolute atomic E-state index is 0.749. The molecule has 0 spiro atoms. The number of nitrogens with two attached hydrogens (primary N) is 1. The zero-order chi connectivity index (χ0) is 12.0. The lowest BCUT2D eigenvalue weighted by molar-refractivity contribution is 0.0868. The van der Waals surface area contributed by atoms with E-state index in [1.165, 1.54) is 38.5 Å². The van der Waals surface area contributed by atoms with Crippen molar-refractivity contribution < 1.29 is 0 Å². The van der Waals surface area contributed by atoms with Gasteiger partial charge in [0.15, 0.2) is 0 Å². The molecule has 1 aliphatic rings. The molecule has 2 nitrogen and oxygen atoms in total. The summed E-state index contributed by atoms with van der Waals surface area (Å²) in [6, 6.07) is 1.55. The second-order valence-electron chi connectivity index (χ2n) is 5.42. The van der Waals surface area contributed by atoms with Crippen molar-refractivity contribution in [3.8, 4) is 0 Å². The molecular formula is C14H30N2. The van der Waals surface area contributed by atoms with E-state index in [1.807, 2.05) is 0 Å². The molecule has 2 N–H and O–H groups in total. The van der Waals surface area contributed by atoms with Gasteiger partial charge in [-0.05, 0) is 31.6 Å². The van der Waals surface area contributed by atoms with Crippen LogP contribution in [0.1, 0.15) is 59.3 Å². The zero-order valence-corrected chi connectivity index (χ0v) is 11.4. The summed E-state index contributed by atoms with van der Waals surface area (Å²) in [7, 11) is 0. The maximum Gasteiger partial charge on any atom is 0.0110 e. The van der Waals surface area contributed by atoms with Crippen LogP contribution in [0.25, 0.3) is 0 Å². The molecule has 96 valence electrons. The molecule has 0 aromatic carbocycles. The number of nitrogens with zero attached hydrogens (tertiary/aromatic N) is 1. The Morgan fingerprint density at radius 3 is 2.44 bits per heavy atom. The zero-order valence-electron chi connectivity index (χ0n) is 11.4. The van der Waals surface area contributed by atoms with Gasteiger partial charge in [0.1, 0.15) is 0 Å². The van der Waals surface area contributed by atoms with Crippen LogP contribution in [0.5, 0.6) is 0 Å². The summed E-state index contributed by atoms with van der Waals surface area (Å²) >= 11 is 0. The Bertz CT molecular complexity index is 178. The third-order valence-electron chi connectivity index (χ3n) is 4.18. The van der Waals surface area contributed by atoms with Crippen LogP contribution < -0.4 is 5.73 Å². The molecule has 1 rings (SSSR count). The monoisotopic (exact) mass is 226 g/mol. The first-order chi connectivity index (χ1) is 7.72. The van der Waals surface area contributed by atoms with Crippen LogP contribution >= 0.6 is 0 Å². The van der Waals surface area contributed by atoms with Crippen LogP contribution in [0, 0.1) is 5.92 Å². The Hall–Kier alpha value is -0.0800. The lowest BCUT2D eigenvalue weighted by Crippen LogP contribution is -2.47. The summed E-state index contributed by atoms with van der Waals surface area (Å²) in [5.41, 5.74) is 5.78. The van der Waals surface area contributed by atoms with Crippen molar-refractivity contribution in [2.24, 2.45) is 11.7 Å². The Morgan fingerprint density at radius 2 is 1.94 bits per heavy atom. The summed E-state index contributed by atoms with van der Waals surface area (Å²) in [6.45, 7) is 8.92. The van der Waals surface area contributed by atoms with Crippen molar-refractivity contribution >= 4 is 0 Å². The van der Waals surface area contributed by atoms with Crippen molar-refractivity contribution in [2.75, 3.05) is 13.1 Å². The fraction of sp³-hybridized carbons (Fsp3) is 1.00. The molecular weight excluding hydrogens is 196 g/mol. The number of rotatable bonds is 6. The van der Waals surface area contributed by atoms with Crippen LogP contribution in [0.15, 0.2) is 0 Å². The molecule has 0 aromatic heterocycles. The molecule has 0 bridgehead atoms. The van der Waals surface area contributed by atoms with Gasteiger partial charge in [-0.3, -0.25) is 4.90 Å². The largest absolute Gasteiger partial charge is 0.329 e. The molecule has 1 fully saturated rings. The van der Waals surface area contributed by atoms with E-state index in [4.69, 9.17) is 5.73 Å². The van der Waals surface area contributed by atoms with Crippen molar-refractivity contribution in [3.05, 3.63) is 0 Å². The smallest absolute Gasteiger partial charge is 0.0110 e. The van der Waals surface area contributed by atoms with E-state index in [-0.39, 0.29) is 0 Å². The Balaban J connectivity index is 2.59. The first-order valence-electron chi connectivity index (χ1n) is 7.18. The van der Waals surface area contributed by atoms with Gasteiger partial charge in [-0.2, -0.15) is 0 Å². The number of hydrogen-bond donors (Lipinski definition) is 1. The van der Waals surface area contributed by atoms with E-state index in [2.05, 4.69) is 25.7 Å². The summed E-state index contributed by atoms with van der Waals surface area (Å²) in [4.78, 5) is 2.70. The Morgan fingerprint density at radius 1 is 1.25 bits per heavy atom. The van der Waals surface area contributed by atoms with Gasteiger partial charge in [0.2, 0.25) is 0 Å². The van der Waals surface area contributed by atoms with Crippen LogP contribution in [0.4, 0.5) is 0 Å². The summed E-state index contributed by atoms with van der Waals surface area (Å²) in [5, 5.41) is 0. The van der Waals surface area contributed by atoms with Crippen LogP contribution in [0.3, 0.4) is 0 Å². The van der Waals surface area contributed by atoms with Gasteiger partial charge >= 0.3 is 0 Å². The molecule has 16 heavy (non-hydrogen) atoms. The highest BCUT2D eigenvalue weighted by atomic mass is 15.2. The molecule has 0 heterocycles. The molecule has 0 saturated heterocycles. The fourth-order valence-electron chi connectivity index (χ4n) is 3.27. The first kappa shape index (κ1) is 14.0. The van der Waals surface area contributed by atoms with E-state index in [1.54, 1.807) is 0 Å². The third-order valence-corrected chi connectivity index (χ3v) is 4.18. The summed E-state index contributed by atoms with van der Waals surface area (Å²) in [6.07, 6.45) is 8.14. The predicted molar refractivity (Wildman–Crippen MR) is 71.6 cm³/mol. The highest BCUT2D eigenvalue weighted by Gasteiger charge is 2.27. The van der Waals surface area contributed by atoms with Gasteiger partial charge in [-0.15, -0.1) is 0 Å². The average Bonchev–Trinajstić information content (AvgIpc) is 2.29. The summed E-state index contributed by atoms with van der Waals surface area (Å²) < 4.78 is 0. The van der Waals surface area contributed by atoms with Crippen molar-refractivity contribution in [3.63, 3.8) is 0 Å². The van der Waals surface area contributed by atoms with Gasteiger partial charge in [0.05, 0.1) is 0 Å². The quantitative estimate of drug-likeness (QED) is 0.754. The normalized spacial score (nSPS) is 26.6. The Kier molecular flexibility index (Phi) is 6.37. The standard InChI is InChI=1S/C14H30N2/c1-4-13(5-2)16(10-9-15)14-8-6-7-12(3)11-14/h12-14H,4-11,15H2,1-3H3. The van der Waals surface area contributed by atoms with Gasteiger partial charge < -0.3 is 5.73 Å². The molecule has 2 heteroatoms. The Labute approximate surface area is 102 Å². The maximum atomic E-state index is 5.78. The fourth-order valence-corrected chi connectivity index (χ4v) is 3.27. The molecule has 0 radical (unpaired) electrons. The predicted octanol–water partition coefficient (Wildman–Crippen LogP) is 3.01. The summed E-state index contributed by atoms with van der Waals surface area (Å²) in [5.74, 6) is 0.911. The van der Waals surface area contributed by atoms with Gasteiger partial charge in [0, 0.05) is 25.2 Å². The van der Waals surface area contributed by atoms with E-state index in [9.17, 15) is 0 Å². The van der Waals surface area contributed by atoms with Crippen molar-refractivity contribution in [1.82, 2.24) is 4.90 Å². The SMILES string of the molecule is CCC(CC)N(CCN)C1CCCC(C)C1. The maximum absolute atomic E-state index is 5.78. The molecule has 0 aliphatic heterocycles. The third kappa shape index (κ3) is 3.74. The molecule has 0 amide bonds. The van der Waals surface area contributed by atoms with Crippen molar-refractivity contribution in [2.45, 2.75) is 71.4 Å². The lowest BCUT2D eigenvalue weighted by atomic mass is 9.85. The molecule has 0 aromatic rings. The van der Waals surface area contributed by atoms with Crippen LogP contribution in [-0.2, 0) is 0 Å². The molecule has 2 atom stereocenters. The highest BCUT2D eigenvalue weighted by molar-refractivity contribution is 4.83. The molecule has 1 saturated carbocycles. The van der Waals surface area contributed by atoms with E-state index in [0.29, 0.717) is 0 Å². The van der Waals surface area contributed by atoms with Gasteiger partial charge in [-0.1, -0.05) is 33.6 Å². The molecule has 2 unspecified atom stereocenters. The van der Waals surface area contributed by atoms with Gasteiger partial charge in [-0.25, -0.2) is 0 Å². The molecule has 1 aliphatic carbocycles. The first-order valence-corrected chi connectivity index (χ1v) is 7.18. The topological polar surface area (TPSA) is 29.3 Å². The lowest BCUT2D eigenvalue weighted by Gasteiger charge is -2.41. The second kappa shape index (κ2) is 7.29. The van der Waals surface area contributed by atoms with E-state index in [0.717, 1.165) is 31.1 Å². The minimum atomic E-state index is 0.749. The van der Waals surface area contributed by atoms with Gasteiger partial charge in [0.25, 0.3) is 0 Å². The van der Waals surface area contributed by atoms with Crippen LogP contribution in [-0.4, -0.2) is 30.1 Å². The number of hydrogen-bond acceptors (Lipinski definition) is 2. The van der Waals surface area contributed by atoms with Crippen molar-refractivity contribution in [1.29, 1.82) is 0 Å². The minimum Gasteiger partial charge on any atom is -0.329 e. The second-order valence-corrected chi connectivity index (χ2v) is 5.42. The highest BCUT2D eigenvalue weighted by Crippen LogP contribution is 2.29. The van der Waals surface area contributed by atoms with E-state index < -0.39 is 0 Å². The van der Waals surface area contributed by atoms with E-state index >= 15 is 0 Å². The van der Waals surface area contributed by atoms with Crippen LogP contribution in [0.2, 0.25) is 0 Å².